The number of hydrogen-bond donors (Lipinski definition) is 0. The number of esters is 1. The number of carbonyl (C=O) groups excluding carboxylic acids is 1. The van der Waals surface area contributed by atoms with Crippen LogP contribution in [0.15, 0.2) is 40.8 Å². The van der Waals surface area contributed by atoms with Crippen LogP contribution in [-0.2, 0) is 11.3 Å². The molecule has 5 nitrogen and oxygen atoms in total. The largest absolute Gasteiger partial charge is 0.497 e. The van der Waals surface area contributed by atoms with Crippen LogP contribution in [0.3, 0.4) is 0 Å². The van der Waals surface area contributed by atoms with Crippen molar-refractivity contribution in [3.8, 4) is 11.5 Å². The van der Waals surface area contributed by atoms with E-state index in [4.69, 9.17) is 18.6 Å². The first-order chi connectivity index (χ1) is 9.22. The lowest BCUT2D eigenvalue weighted by Gasteiger charge is -2.03. The van der Waals surface area contributed by atoms with Crippen molar-refractivity contribution in [1.29, 1.82) is 0 Å². The van der Waals surface area contributed by atoms with Gasteiger partial charge in [0.15, 0.2) is 0 Å². The number of ether oxygens (including phenoxy) is 3. The molecule has 0 radical (unpaired) electrons. The van der Waals surface area contributed by atoms with Gasteiger partial charge in [0.25, 0.3) is 0 Å². The summed E-state index contributed by atoms with van der Waals surface area (Å²) < 4.78 is 20.4. The highest BCUT2D eigenvalue weighted by Crippen LogP contribution is 2.19. The molecular formula is C14H14O5. The van der Waals surface area contributed by atoms with Crippen LogP contribution in [0.2, 0.25) is 0 Å². The van der Waals surface area contributed by atoms with E-state index in [-0.39, 0.29) is 5.76 Å². The minimum atomic E-state index is -0.549. The maximum absolute atomic E-state index is 11.8. The molecule has 1 aromatic carbocycles. The van der Waals surface area contributed by atoms with Gasteiger partial charge >= 0.3 is 5.97 Å². The average molecular weight is 262 g/mol. The van der Waals surface area contributed by atoms with Crippen molar-refractivity contribution in [2.75, 3.05) is 14.2 Å². The van der Waals surface area contributed by atoms with Crippen molar-refractivity contribution in [3.63, 3.8) is 0 Å². The molecule has 1 aromatic heterocycles. The molecule has 0 amide bonds. The van der Waals surface area contributed by atoms with Gasteiger partial charge in [-0.2, -0.15) is 0 Å². The molecule has 0 saturated heterocycles. The lowest BCUT2D eigenvalue weighted by Crippen LogP contribution is -2.07. The van der Waals surface area contributed by atoms with Crippen molar-refractivity contribution < 1.29 is 23.4 Å². The Bertz CT molecular complexity index is 541. The van der Waals surface area contributed by atoms with Gasteiger partial charge in [0.05, 0.1) is 7.11 Å². The van der Waals surface area contributed by atoms with E-state index in [1.54, 1.807) is 50.6 Å². The Balaban J connectivity index is 2.02. The van der Waals surface area contributed by atoms with Crippen LogP contribution in [-0.4, -0.2) is 20.2 Å². The molecule has 5 heteroatoms. The summed E-state index contributed by atoms with van der Waals surface area (Å²) in [6.45, 7) is 0.315. The predicted octanol–water partition coefficient (Wildman–Crippen LogP) is 2.65. The zero-order valence-electron chi connectivity index (χ0n) is 10.7. The van der Waals surface area contributed by atoms with E-state index in [1.165, 1.54) is 0 Å². The van der Waals surface area contributed by atoms with Gasteiger partial charge in [0, 0.05) is 7.11 Å². The van der Waals surface area contributed by atoms with Crippen LogP contribution < -0.4 is 9.47 Å². The molecule has 0 N–H and O–H groups in total. The molecular weight excluding hydrogens is 248 g/mol. The molecule has 1 heterocycles. The van der Waals surface area contributed by atoms with Gasteiger partial charge in [0.1, 0.15) is 23.9 Å². The first kappa shape index (κ1) is 13.2. The Kier molecular flexibility index (Phi) is 4.20. The number of furan rings is 1. The third kappa shape index (κ3) is 3.35. The fourth-order valence-corrected chi connectivity index (χ4v) is 1.51. The van der Waals surface area contributed by atoms with Gasteiger partial charge in [-0.05, 0) is 36.4 Å². The Labute approximate surface area is 110 Å². The van der Waals surface area contributed by atoms with E-state index in [1.807, 2.05) is 0 Å². The average Bonchev–Trinajstić information content (AvgIpc) is 2.89. The van der Waals surface area contributed by atoms with Gasteiger partial charge in [0.2, 0.25) is 5.76 Å². The summed E-state index contributed by atoms with van der Waals surface area (Å²) in [5.74, 6) is 1.29. The molecule has 2 aromatic rings. The number of carbonyl (C=O) groups is 1. The van der Waals surface area contributed by atoms with E-state index in [0.717, 1.165) is 0 Å². The number of methoxy groups -OCH3 is 2. The van der Waals surface area contributed by atoms with Crippen molar-refractivity contribution in [3.05, 3.63) is 47.9 Å². The molecule has 0 saturated carbocycles. The van der Waals surface area contributed by atoms with Crippen molar-refractivity contribution in [2.24, 2.45) is 0 Å². The fourth-order valence-electron chi connectivity index (χ4n) is 1.51. The highest BCUT2D eigenvalue weighted by Gasteiger charge is 2.13. The summed E-state index contributed by atoms with van der Waals surface area (Å²) in [5.41, 5.74) is 0. The molecule has 19 heavy (non-hydrogen) atoms. The Morgan fingerprint density at radius 3 is 2.37 bits per heavy atom. The van der Waals surface area contributed by atoms with Gasteiger partial charge in [-0.3, -0.25) is 0 Å². The molecule has 0 bridgehead atoms. The van der Waals surface area contributed by atoms with E-state index in [9.17, 15) is 4.79 Å². The molecule has 100 valence electrons. The first-order valence-electron chi connectivity index (χ1n) is 5.67. The van der Waals surface area contributed by atoms with E-state index < -0.39 is 5.97 Å². The number of hydrogen-bond acceptors (Lipinski definition) is 5. The van der Waals surface area contributed by atoms with Crippen LogP contribution in [0.1, 0.15) is 16.3 Å². The zero-order valence-corrected chi connectivity index (χ0v) is 10.7. The summed E-state index contributed by atoms with van der Waals surface area (Å²) in [4.78, 5) is 11.8. The third-order valence-corrected chi connectivity index (χ3v) is 2.42. The van der Waals surface area contributed by atoms with Crippen molar-refractivity contribution in [2.45, 2.75) is 6.61 Å². The summed E-state index contributed by atoms with van der Waals surface area (Å²) in [5, 5.41) is 0. The SMILES string of the molecule is COCc1ccc(C(=O)Oc2ccc(OC)cc2)o1. The second-order valence-corrected chi connectivity index (χ2v) is 3.76. The Morgan fingerprint density at radius 2 is 1.74 bits per heavy atom. The number of rotatable bonds is 5. The molecule has 0 aliphatic rings. The smallest absolute Gasteiger partial charge is 0.379 e. The van der Waals surface area contributed by atoms with Crippen LogP contribution in [0.4, 0.5) is 0 Å². The highest BCUT2D eigenvalue weighted by molar-refractivity contribution is 5.88. The quantitative estimate of drug-likeness (QED) is 0.612. The maximum Gasteiger partial charge on any atom is 0.379 e. The monoisotopic (exact) mass is 262 g/mol. The molecule has 2 rings (SSSR count). The van der Waals surface area contributed by atoms with E-state index in [2.05, 4.69) is 0 Å². The summed E-state index contributed by atoms with van der Waals surface area (Å²) >= 11 is 0. The molecule has 0 atom stereocenters. The van der Waals surface area contributed by atoms with Crippen molar-refractivity contribution in [1.82, 2.24) is 0 Å². The summed E-state index contributed by atoms with van der Waals surface area (Å²) in [6, 6.07) is 9.95. The normalized spacial score (nSPS) is 10.2. The topological polar surface area (TPSA) is 57.9 Å². The van der Waals surface area contributed by atoms with Crippen molar-refractivity contribution >= 4 is 5.97 Å². The van der Waals surface area contributed by atoms with Crippen LogP contribution in [0.5, 0.6) is 11.5 Å². The van der Waals surface area contributed by atoms with Crippen LogP contribution in [0, 0.1) is 0 Å². The van der Waals surface area contributed by atoms with E-state index >= 15 is 0 Å². The Morgan fingerprint density at radius 1 is 1.05 bits per heavy atom. The minimum Gasteiger partial charge on any atom is -0.497 e. The second-order valence-electron chi connectivity index (χ2n) is 3.76. The van der Waals surface area contributed by atoms with Gasteiger partial charge < -0.3 is 18.6 Å². The standard InChI is InChI=1S/C14H14O5/c1-16-9-12-7-8-13(18-12)14(15)19-11-5-3-10(17-2)4-6-11/h3-8H,9H2,1-2H3. The Hall–Kier alpha value is -2.27. The lowest BCUT2D eigenvalue weighted by molar-refractivity contribution is 0.0693. The van der Waals surface area contributed by atoms with Crippen LogP contribution in [0.25, 0.3) is 0 Å². The second kappa shape index (κ2) is 6.06. The zero-order chi connectivity index (χ0) is 13.7. The third-order valence-electron chi connectivity index (χ3n) is 2.42. The van der Waals surface area contributed by atoms with Gasteiger partial charge in [-0.15, -0.1) is 0 Å². The summed E-state index contributed by atoms with van der Waals surface area (Å²) in [6.07, 6.45) is 0. The molecule has 0 aliphatic heterocycles. The van der Waals surface area contributed by atoms with Crippen LogP contribution >= 0.6 is 0 Å². The van der Waals surface area contributed by atoms with E-state index in [0.29, 0.717) is 23.9 Å². The van der Waals surface area contributed by atoms with Gasteiger partial charge in [-0.25, -0.2) is 4.79 Å². The molecule has 0 unspecified atom stereocenters. The summed E-state index contributed by atoms with van der Waals surface area (Å²) in [7, 11) is 3.12. The number of benzene rings is 1. The maximum atomic E-state index is 11.8. The molecule has 0 spiro atoms. The highest BCUT2D eigenvalue weighted by atomic mass is 16.5. The fraction of sp³-hybridized carbons (Fsp3) is 0.214. The molecule has 0 aliphatic carbocycles. The van der Waals surface area contributed by atoms with Gasteiger partial charge in [-0.1, -0.05) is 0 Å². The first-order valence-corrected chi connectivity index (χ1v) is 5.67. The molecule has 0 fully saturated rings. The predicted molar refractivity (Wildman–Crippen MR) is 67.4 cm³/mol. The minimum absolute atomic E-state index is 0.142. The lowest BCUT2D eigenvalue weighted by atomic mass is 10.3.